The smallest absolute Gasteiger partial charge is 0.237 e. The molecular weight excluding hydrogens is 176 g/mol. The largest absolute Gasteiger partial charge is 0.344 e. The van der Waals surface area contributed by atoms with E-state index < -0.39 is 0 Å². The molecule has 14 heavy (non-hydrogen) atoms. The molecule has 80 valence electrons. The summed E-state index contributed by atoms with van der Waals surface area (Å²) in [5.74, 6) is 2.99. The maximum atomic E-state index is 11.3. The van der Waals surface area contributed by atoms with Gasteiger partial charge < -0.3 is 10.6 Å². The predicted octanol–water partition coefficient (Wildman–Crippen LogP) is 0.760. The second-order valence-electron chi connectivity index (χ2n) is 3.78. The van der Waals surface area contributed by atoms with Crippen LogP contribution in [0.4, 0.5) is 0 Å². The minimum Gasteiger partial charge on any atom is -0.344 e. The van der Waals surface area contributed by atoms with Crippen molar-refractivity contribution >= 4 is 5.91 Å². The third kappa shape index (κ3) is 6.50. The minimum atomic E-state index is -0.165. The lowest BCUT2D eigenvalue weighted by Gasteiger charge is -2.13. The van der Waals surface area contributed by atoms with Crippen LogP contribution in [-0.2, 0) is 4.79 Å². The monoisotopic (exact) mass is 196 g/mol. The van der Waals surface area contributed by atoms with Gasteiger partial charge in [-0.15, -0.1) is 6.42 Å². The lowest BCUT2D eigenvalue weighted by molar-refractivity contribution is -0.122. The highest BCUT2D eigenvalue weighted by Crippen LogP contribution is 1.96. The summed E-state index contributed by atoms with van der Waals surface area (Å²) >= 11 is 0. The summed E-state index contributed by atoms with van der Waals surface area (Å²) in [6.45, 7) is 7.32. The minimum absolute atomic E-state index is 0.0355. The summed E-state index contributed by atoms with van der Waals surface area (Å²) in [5.41, 5.74) is 0. The predicted molar refractivity (Wildman–Crippen MR) is 58.8 cm³/mol. The Hall–Kier alpha value is -1.01. The zero-order valence-electron chi connectivity index (χ0n) is 9.26. The van der Waals surface area contributed by atoms with Gasteiger partial charge in [0.2, 0.25) is 5.91 Å². The van der Waals surface area contributed by atoms with Crippen LogP contribution in [0.3, 0.4) is 0 Å². The van der Waals surface area contributed by atoms with E-state index in [1.807, 2.05) is 6.92 Å². The summed E-state index contributed by atoms with van der Waals surface area (Å²) in [5, 5.41) is 5.77. The molecule has 1 unspecified atom stereocenters. The third-order valence-electron chi connectivity index (χ3n) is 1.93. The van der Waals surface area contributed by atoms with E-state index in [4.69, 9.17) is 6.42 Å². The fraction of sp³-hybridized carbons (Fsp3) is 0.727. The van der Waals surface area contributed by atoms with Crippen LogP contribution in [0.5, 0.6) is 0 Å². The fourth-order valence-electron chi connectivity index (χ4n) is 0.972. The van der Waals surface area contributed by atoms with Crippen molar-refractivity contribution in [1.82, 2.24) is 10.6 Å². The second kappa shape index (κ2) is 7.40. The average Bonchev–Trinajstić information content (AvgIpc) is 2.13. The molecule has 0 spiro atoms. The van der Waals surface area contributed by atoms with Gasteiger partial charge in [-0.3, -0.25) is 4.79 Å². The van der Waals surface area contributed by atoms with Gasteiger partial charge in [0.25, 0.3) is 0 Å². The molecule has 0 heterocycles. The number of hydrogen-bond acceptors (Lipinski definition) is 2. The summed E-state index contributed by atoms with van der Waals surface area (Å²) in [6, 6.07) is -0.165. The molecule has 0 aliphatic heterocycles. The normalized spacial score (nSPS) is 12.2. The highest BCUT2D eigenvalue weighted by molar-refractivity contribution is 5.81. The number of nitrogens with one attached hydrogen (secondary N) is 2. The maximum Gasteiger partial charge on any atom is 0.237 e. The van der Waals surface area contributed by atoms with Gasteiger partial charge in [0.05, 0.1) is 12.6 Å². The molecule has 0 aliphatic carbocycles. The summed E-state index contributed by atoms with van der Waals surface area (Å²) in [6.07, 6.45) is 6.11. The first kappa shape index (κ1) is 13.0. The Kier molecular flexibility index (Phi) is 6.87. The van der Waals surface area contributed by atoms with E-state index in [0.29, 0.717) is 12.5 Å². The maximum absolute atomic E-state index is 11.3. The molecule has 3 heteroatoms. The van der Waals surface area contributed by atoms with Crippen molar-refractivity contribution in [3.63, 3.8) is 0 Å². The number of carbonyl (C=O) groups excluding carboxylic acids is 1. The Balaban J connectivity index is 3.58. The molecule has 0 rings (SSSR count). The Bertz CT molecular complexity index is 206. The zero-order valence-corrected chi connectivity index (χ0v) is 9.26. The topological polar surface area (TPSA) is 41.1 Å². The number of rotatable bonds is 6. The van der Waals surface area contributed by atoms with Crippen LogP contribution >= 0.6 is 0 Å². The molecular formula is C11H20N2O. The van der Waals surface area contributed by atoms with E-state index in [0.717, 1.165) is 13.0 Å². The van der Waals surface area contributed by atoms with E-state index in [2.05, 4.69) is 30.4 Å². The van der Waals surface area contributed by atoms with E-state index in [9.17, 15) is 4.79 Å². The van der Waals surface area contributed by atoms with Crippen molar-refractivity contribution in [3.05, 3.63) is 0 Å². The average molecular weight is 196 g/mol. The van der Waals surface area contributed by atoms with Crippen molar-refractivity contribution in [1.29, 1.82) is 0 Å². The van der Waals surface area contributed by atoms with Crippen molar-refractivity contribution in [2.24, 2.45) is 5.92 Å². The summed E-state index contributed by atoms with van der Waals surface area (Å²) in [4.78, 5) is 11.3. The first-order valence-electron chi connectivity index (χ1n) is 5.02. The van der Waals surface area contributed by atoms with E-state index in [1.165, 1.54) is 0 Å². The third-order valence-corrected chi connectivity index (χ3v) is 1.93. The molecule has 0 fully saturated rings. The van der Waals surface area contributed by atoms with Crippen LogP contribution in [0.1, 0.15) is 27.2 Å². The molecule has 1 amide bonds. The highest BCUT2D eigenvalue weighted by atomic mass is 16.2. The molecule has 0 aliphatic rings. The van der Waals surface area contributed by atoms with Crippen molar-refractivity contribution in [2.45, 2.75) is 33.2 Å². The lowest BCUT2D eigenvalue weighted by Crippen LogP contribution is -2.42. The van der Waals surface area contributed by atoms with Crippen molar-refractivity contribution < 1.29 is 4.79 Å². The second-order valence-corrected chi connectivity index (χ2v) is 3.78. The van der Waals surface area contributed by atoms with Crippen LogP contribution in [0.2, 0.25) is 0 Å². The molecule has 0 saturated carbocycles. The number of amides is 1. The molecule has 0 aromatic carbocycles. The van der Waals surface area contributed by atoms with Gasteiger partial charge in [0, 0.05) is 0 Å². The fourth-order valence-corrected chi connectivity index (χ4v) is 0.972. The van der Waals surface area contributed by atoms with Crippen LogP contribution in [0.25, 0.3) is 0 Å². The SMILES string of the molecule is C#CCNC(=O)C(C)NCCC(C)C. The van der Waals surface area contributed by atoms with Crippen molar-refractivity contribution in [3.8, 4) is 12.3 Å². The standard InChI is InChI=1S/C11H20N2O/c1-5-7-13-11(14)10(4)12-8-6-9(2)3/h1,9-10,12H,6-8H2,2-4H3,(H,13,14). The van der Waals surface area contributed by atoms with Gasteiger partial charge in [-0.25, -0.2) is 0 Å². The molecule has 0 bridgehead atoms. The van der Waals surface area contributed by atoms with Crippen LogP contribution in [-0.4, -0.2) is 25.0 Å². The van der Waals surface area contributed by atoms with E-state index in [1.54, 1.807) is 0 Å². The van der Waals surface area contributed by atoms with Gasteiger partial charge >= 0.3 is 0 Å². The Labute approximate surface area is 86.6 Å². The van der Waals surface area contributed by atoms with E-state index in [-0.39, 0.29) is 11.9 Å². The Morgan fingerprint density at radius 2 is 2.07 bits per heavy atom. The molecule has 0 saturated heterocycles. The molecule has 0 aromatic rings. The Morgan fingerprint density at radius 3 is 2.57 bits per heavy atom. The zero-order chi connectivity index (χ0) is 11.0. The number of terminal acetylenes is 1. The first-order valence-corrected chi connectivity index (χ1v) is 5.02. The van der Waals surface area contributed by atoms with Gasteiger partial charge in [0.1, 0.15) is 0 Å². The van der Waals surface area contributed by atoms with E-state index >= 15 is 0 Å². The van der Waals surface area contributed by atoms with Gasteiger partial charge in [-0.2, -0.15) is 0 Å². The molecule has 1 atom stereocenters. The van der Waals surface area contributed by atoms with Crippen LogP contribution < -0.4 is 10.6 Å². The quantitative estimate of drug-likeness (QED) is 0.616. The summed E-state index contributed by atoms with van der Waals surface area (Å²) in [7, 11) is 0. The lowest BCUT2D eigenvalue weighted by atomic mass is 10.1. The van der Waals surface area contributed by atoms with Gasteiger partial charge in [0.15, 0.2) is 0 Å². The molecule has 2 N–H and O–H groups in total. The van der Waals surface area contributed by atoms with Gasteiger partial charge in [-0.1, -0.05) is 19.8 Å². The molecule has 3 nitrogen and oxygen atoms in total. The van der Waals surface area contributed by atoms with Crippen molar-refractivity contribution in [2.75, 3.05) is 13.1 Å². The highest BCUT2D eigenvalue weighted by Gasteiger charge is 2.10. The Morgan fingerprint density at radius 1 is 1.43 bits per heavy atom. The number of hydrogen-bond donors (Lipinski definition) is 2. The van der Waals surface area contributed by atoms with Crippen LogP contribution in [0, 0.1) is 18.3 Å². The molecule has 0 radical (unpaired) electrons. The van der Waals surface area contributed by atoms with Gasteiger partial charge in [-0.05, 0) is 25.8 Å². The molecule has 0 aromatic heterocycles. The summed E-state index contributed by atoms with van der Waals surface area (Å²) < 4.78 is 0. The first-order chi connectivity index (χ1) is 6.57. The van der Waals surface area contributed by atoms with Crippen LogP contribution in [0.15, 0.2) is 0 Å². The number of carbonyl (C=O) groups is 1.